The van der Waals surface area contributed by atoms with Crippen molar-refractivity contribution >= 4 is 0 Å². The third kappa shape index (κ3) is 3.04. The van der Waals surface area contributed by atoms with E-state index in [2.05, 4.69) is 6.07 Å². The number of ether oxygens (including phenoxy) is 1. The second kappa shape index (κ2) is 5.01. The first-order chi connectivity index (χ1) is 6.63. The molecule has 0 aromatic heterocycles. The van der Waals surface area contributed by atoms with Gasteiger partial charge in [-0.2, -0.15) is 0 Å². The number of benzene rings is 1. The minimum absolute atomic E-state index is 0.225. The van der Waals surface area contributed by atoms with Gasteiger partial charge in [0, 0.05) is 0 Å². The number of hydrogen-bond donors (Lipinski definition) is 1. The molecule has 0 aliphatic carbocycles. The molecule has 0 fully saturated rings. The molecule has 0 aliphatic rings. The highest BCUT2D eigenvalue weighted by molar-refractivity contribution is 5.36. The average Bonchev–Trinajstić information content (AvgIpc) is 2.15. The van der Waals surface area contributed by atoms with Gasteiger partial charge < -0.3 is 9.84 Å². The minimum atomic E-state index is -0.225. The van der Waals surface area contributed by atoms with Crippen LogP contribution < -0.4 is 4.74 Å². The Hall–Kier alpha value is -1.02. The third-order valence-electron chi connectivity index (χ3n) is 2.31. The largest absolute Gasteiger partial charge is 0.496 e. The standard InChI is InChI=1S/C12H18O2/c1-9-8-11(5-4-10(2)13)6-7-12(9)14-3/h6-8,10,13H,4-5H2,1-3H3/t10-/m0/s1. The van der Waals surface area contributed by atoms with Crippen LogP contribution in [0.3, 0.4) is 0 Å². The molecule has 0 aliphatic heterocycles. The minimum Gasteiger partial charge on any atom is -0.496 e. The van der Waals surface area contributed by atoms with Crippen LogP contribution in [0.4, 0.5) is 0 Å². The van der Waals surface area contributed by atoms with E-state index in [1.807, 2.05) is 26.0 Å². The van der Waals surface area contributed by atoms with Crippen LogP contribution in [0.5, 0.6) is 5.75 Å². The normalized spacial score (nSPS) is 12.6. The van der Waals surface area contributed by atoms with Gasteiger partial charge >= 0.3 is 0 Å². The second-order valence-electron chi connectivity index (χ2n) is 3.69. The molecule has 0 unspecified atom stereocenters. The van der Waals surface area contributed by atoms with E-state index in [-0.39, 0.29) is 6.10 Å². The summed E-state index contributed by atoms with van der Waals surface area (Å²) < 4.78 is 5.18. The van der Waals surface area contributed by atoms with Gasteiger partial charge in [-0.1, -0.05) is 12.1 Å². The van der Waals surface area contributed by atoms with Crippen LogP contribution in [-0.4, -0.2) is 18.3 Å². The first kappa shape index (κ1) is 11.1. The molecule has 2 nitrogen and oxygen atoms in total. The first-order valence-corrected chi connectivity index (χ1v) is 4.95. The molecule has 0 heterocycles. The van der Waals surface area contributed by atoms with Crippen molar-refractivity contribution in [3.63, 3.8) is 0 Å². The van der Waals surface area contributed by atoms with Crippen LogP contribution >= 0.6 is 0 Å². The van der Waals surface area contributed by atoms with Crippen LogP contribution in [0, 0.1) is 6.92 Å². The van der Waals surface area contributed by atoms with Gasteiger partial charge in [-0.25, -0.2) is 0 Å². The van der Waals surface area contributed by atoms with E-state index in [4.69, 9.17) is 9.84 Å². The van der Waals surface area contributed by atoms with Gasteiger partial charge in [-0.3, -0.25) is 0 Å². The van der Waals surface area contributed by atoms with Gasteiger partial charge in [0.1, 0.15) is 5.75 Å². The van der Waals surface area contributed by atoms with Crippen molar-refractivity contribution in [2.24, 2.45) is 0 Å². The van der Waals surface area contributed by atoms with Gasteiger partial charge in [-0.05, 0) is 43.9 Å². The summed E-state index contributed by atoms with van der Waals surface area (Å²) in [6.07, 6.45) is 1.51. The molecule has 1 N–H and O–H groups in total. The van der Waals surface area contributed by atoms with Gasteiger partial charge in [0.15, 0.2) is 0 Å². The molecule has 0 bridgehead atoms. The van der Waals surface area contributed by atoms with Crippen molar-refractivity contribution in [3.8, 4) is 5.75 Å². The molecule has 0 saturated heterocycles. The fourth-order valence-corrected chi connectivity index (χ4v) is 1.47. The molecular weight excluding hydrogens is 176 g/mol. The van der Waals surface area contributed by atoms with Crippen molar-refractivity contribution in [2.75, 3.05) is 7.11 Å². The zero-order valence-corrected chi connectivity index (χ0v) is 9.08. The lowest BCUT2D eigenvalue weighted by molar-refractivity contribution is 0.185. The second-order valence-corrected chi connectivity index (χ2v) is 3.69. The smallest absolute Gasteiger partial charge is 0.121 e. The molecule has 1 aromatic rings. The van der Waals surface area contributed by atoms with E-state index in [0.29, 0.717) is 0 Å². The Kier molecular flexibility index (Phi) is 3.96. The lowest BCUT2D eigenvalue weighted by Gasteiger charge is -2.08. The first-order valence-electron chi connectivity index (χ1n) is 4.95. The lowest BCUT2D eigenvalue weighted by atomic mass is 10.0. The number of aliphatic hydroxyl groups is 1. The molecular formula is C12H18O2. The summed E-state index contributed by atoms with van der Waals surface area (Å²) in [6.45, 7) is 3.85. The summed E-state index contributed by atoms with van der Waals surface area (Å²) in [4.78, 5) is 0. The highest BCUT2D eigenvalue weighted by Crippen LogP contribution is 2.19. The van der Waals surface area contributed by atoms with Crippen LogP contribution in [0.1, 0.15) is 24.5 Å². The topological polar surface area (TPSA) is 29.5 Å². The summed E-state index contributed by atoms with van der Waals surface area (Å²) >= 11 is 0. The maximum absolute atomic E-state index is 9.16. The van der Waals surface area contributed by atoms with E-state index in [0.717, 1.165) is 24.2 Å². The predicted molar refractivity (Wildman–Crippen MR) is 57.7 cm³/mol. The predicted octanol–water partition coefficient (Wildman–Crippen LogP) is 2.32. The SMILES string of the molecule is COc1ccc(CC[C@H](C)O)cc1C. The average molecular weight is 194 g/mol. The number of rotatable bonds is 4. The van der Waals surface area contributed by atoms with Crippen molar-refractivity contribution in [3.05, 3.63) is 29.3 Å². The molecule has 0 saturated carbocycles. The maximum Gasteiger partial charge on any atom is 0.121 e. The molecule has 14 heavy (non-hydrogen) atoms. The molecule has 1 rings (SSSR count). The number of hydrogen-bond acceptors (Lipinski definition) is 2. The molecule has 0 spiro atoms. The third-order valence-corrected chi connectivity index (χ3v) is 2.31. The Bertz CT molecular complexity index is 292. The van der Waals surface area contributed by atoms with Gasteiger partial charge in [0.25, 0.3) is 0 Å². The van der Waals surface area contributed by atoms with E-state index >= 15 is 0 Å². The van der Waals surface area contributed by atoms with Gasteiger partial charge in [0.2, 0.25) is 0 Å². The molecule has 0 amide bonds. The maximum atomic E-state index is 9.16. The molecule has 78 valence electrons. The summed E-state index contributed by atoms with van der Waals surface area (Å²) in [5.41, 5.74) is 2.40. The van der Waals surface area contributed by atoms with Crippen molar-refractivity contribution < 1.29 is 9.84 Å². The zero-order valence-electron chi connectivity index (χ0n) is 9.08. The van der Waals surface area contributed by atoms with Gasteiger partial charge in [0.05, 0.1) is 13.2 Å². The summed E-state index contributed by atoms with van der Waals surface area (Å²) in [5, 5.41) is 9.16. The van der Waals surface area contributed by atoms with E-state index < -0.39 is 0 Å². The summed E-state index contributed by atoms with van der Waals surface area (Å²) in [7, 11) is 1.68. The highest BCUT2D eigenvalue weighted by Gasteiger charge is 2.01. The van der Waals surface area contributed by atoms with E-state index in [1.165, 1.54) is 5.56 Å². The molecule has 1 atom stereocenters. The van der Waals surface area contributed by atoms with Crippen LogP contribution in [0.2, 0.25) is 0 Å². The zero-order chi connectivity index (χ0) is 10.6. The molecule has 2 heteroatoms. The van der Waals surface area contributed by atoms with Crippen molar-refractivity contribution in [1.82, 2.24) is 0 Å². The number of aliphatic hydroxyl groups excluding tert-OH is 1. The number of aryl methyl sites for hydroxylation is 2. The lowest BCUT2D eigenvalue weighted by Crippen LogP contribution is -2.01. The van der Waals surface area contributed by atoms with Crippen molar-refractivity contribution in [1.29, 1.82) is 0 Å². The quantitative estimate of drug-likeness (QED) is 0.797. The summed E-state index contributed by atoms with van der Waals surface area (Å²) in [5.74, 6) is 0.922. The molecule has 1 aromatic carbocycles. The Morgan fingerprint density at radius 3 is 2.64 bits per heavy atom. The highest BCUT2D eigenvalue weighted by atomic mass is 16.5. The van der Waals surface area contributed by atoms with Crippen LogP contribution in [0.25, 0.3) is 0 Å². The van der Waals surface area contributed by atoms with Crippen molar-refractivity contribution in [2.45, 2.75) is 32.8 Å². The van der Waals surface area contributed by atoms with E-state index in [9.17, 15) is 0 Å². The van der Waals surface area contributed by atoms with Gasteiger partial charge in [-0.15, -0.1) is 0 Å². The Morgan fingerprint density at radius 1 is 1.43 bits per heavy atom. The number of methoxy groups -OCH3 is 1. The monoisotopic (exact) mass is 194 g/mol. The Morgan fingerprint density at radius 2 is 2.14 bits per heavy atom. The summed E-state index contributed by atoms with van der Waals surface area (Å²) in [6, 6.07) is 6.14. The van der Waals surface area contributed by atoms with Crippen LogP contribution in [-0.2, 0) is 6.42 Å². The Labute approximate surface area is 85.5 Å². The fraction of sp³-hybridized carbons (Fsp3) is 0.500. The fourth-order valence-electron chi connectivity index (χ4n) is 1.47. The van der Waals surface area contributed by atoms with Crippen LogP contribution in [0.15, 0.2) is 18.2 Å². The Balaban J connectivity index is 2.66. The van der Waals surface area contributed by atoms with E-state index in [1.54, 1.807) is 7.11 Å². The molecule has 0 radical (unpaired) electrons.